The second kappa shape index (κ2) is 11.0. The zero-order chi connectivity index (χ0) is 24.8. The second-order valence-corrected chi connectivity index (χ2v) is 9.05. The molecule has 0 spiro atoms. The van der Waals surface area contributed by atoms with Crippen molar-refractivity contribution in [3.8, 4) is 0 Å². The number of anilines is 4. The van der Waals surface area contributed by atoms with Gasteiger partial charge >= 0.3 is 0 Å². The Labute approximate surface area is 210 Å². The molecule has 10 nitrogen and oxygen atoms in total. The number of halogens is 1. The van der Waals surface area contributed by atoms with Gasteiger partial charge in [0.25, 0.3) is 11.6 Å². The number of aryl methyl sites for hydroxylation is 2. The number of aromatic nitrogens is 3. The molecule has 3 N–H and O–H groups in total. The summed E-state index contributed by atoms with van der Waals surface area (Å²) in [6, 6.07) is 10.1. The SMILES string of the molecule is Cc1cccc(Cl)c1NC(=O)c1cnc(Nc2cc(NCCCn3ccnc3)ccc2[N+](=O)[O-])s1. The van der Waals surface area contributed by atoms with Crippen LogP contribution in [0.2, 0.25) is 5.02 Å². The predicted octanol–water partition coefficient (Wildman–Crippen LogP) is 5.71. The van der Waals surface area contributed by atoms with Crippen molar-refractivity contribution in [2.45, 2.75) is 19.9 Å². The summed E-state index contributed by atoms with van der Waals surface area (Å²) in [4.78, 5) is 32.3. The van der Waals surface area contributed by atoms with Gasteiger partial charge < -0.3 is 20.5 Å². The highest BCUT2D eigenvalue weighted by Gasteiger charge is 2.18. The molecule has 12 heteroatoms. The lowest BCUT2D eigenvalue weighted by Gasteiger charge is -2.10. The van der Waals surface area contributed by atoms with Crippen LogP contribution in [0.4, 0.5) is 27.9 Å². The molecule has 0 aliphatic carbocycles. The number of rotatable bonds is 10. The third kappa shape index (κ3) is 6.14. The van der Waals surface area contributed by atoms with Gasteiger partial charge in [0.15, 0.2) is 5.13 Å². The number of carbonyl (C=O) groups is 1. The van der Waals surface area contributed by atoms with Crippen LogP contribution in [0, 0.1) is 17.0 Å². The van der Waals surface area contributed by atoms with E-state index in [9.17, 15) is 14.9 Å². The number of para-hydroxylation sites is 1. The summed E-state index contributed by atoms with van der Waals surface area (Å²) in [6.07, 6.45) is 7.65. The molecular weight excluding hydrogens is 490 g/mol. The lowest BCUT2D eigenvalue weighted by atomic mass is 10.2. The highest BCUT2D eigenvalue weighted by Crippen LogP contribution is 2.33. The highest BCUT2D eigenvalue weighted by atomic mass is 35.5. The van der Waals surface area contributed by atoms with Gasteiger partial charge in [0.2, 0.25) is 0 Å². The Morgan fingerprint density at radius 3 is 2.89 bits per heavy atom. The molecule has 35 heavy (non-hydrogen) atoms. The number of thiazole rings is 1. The summed E-state index contributed by atoms with van der Waals surface area (Å²) in [5.74, 6) is -0.366. The fourth-order valence-electron chi connectivity index (χ4n) is 3.34. The molecule has 2 aromatic carbocycles. The van der Waals surface area contributed by atoms with E-state index in [2.05, 4.69) is 25.9 Å². The smallest absolute Gasteiger partial charge is 0.292 e. The zero-order valence-electron chi connectivity index (χ0n) is 18.7. The minimum atomic E-state index is -0.466. The molecule has 4 aromatic rings. The Kier molecular flexibility index (Phi) is 7.58. The highest BCUT2D eigenvalue weighted by molar-refractivity contribution is 7.17. The number of nitrogens with zero attached hydrogens (tertiary/aromatic N) is 4. The minimum Gasteiger partial charge on any atom is -0.385 e. The van der Waals surface area contributed by atoms with Gasteiger partial charge in [-0.1, -0.05) is 35.1 Å². The van der Waals surface area contributed by atoms with Crippen molar-refractivity contribution in [3.05, 3.63) is 86.9 Å². The van der Waals surface area contributed by atoms with Crippen molar-refractivity contribution in [3.63, 3.8) is 0 Å². The first kappa shape index (κ1) is 24.2. The summed E-state index contributed by atoms with van der Waals surface area (Å²) in [5, 5.41) is 21.4. The van der Waals surface area contributed by atoms with Gasteiger partial charge in [0.05, 0.1) is 28.2 Å². The van der Waals surface area contributed by atoms with Gasteiger partial charge in [0.1, 0.15) is 10.6 Å². The Balaban J connectivity index is 1.43. The van der Waals surface area contributed by atoms with E-state index < -0.39 is 4.92 Å². The van der Waals surface area contributed by atoms with Crippen LogP contribution >= 0.6 is 22.9 Å². The normalized spacial score (nSPS) is 10.7. The fourth-order valence-corrected chi connectivity index (χ4v) is 4.33. The second-order valence-electron chi connectivity index (χ2n) is 7.61. The number of nitro benzene ring substituents is 1. The van der Waals surface area contributed by atoms with E-state index in [1.165, 1.54) is 12.3 Å². The number of carbonyl (C=O) groups excluding carboxylic acids is 1. The molecule has 0 radical (unpaired) electrons. The quantitative estimate of drug-likeness (QED) is 0.141. The van der Waals surface area contributed by atoms with E-state index >= 15 is 0 Å². The van der Waals surface area contributed by atoms with E-state index in [0.29, 0.717) is 27.3 Å². The van der Waals surface area contributed by atoms with Gasteiger partial charge in [-0.2, -0.15) is 0 Å². The van der Waals surface area contributed by atoms with Crippen LogP contribution in [0.15, 0.2) is 61.3 Å². The maximum absolute atomic E-state index is 12.7. The predicted molar refractivity (Wildman–Crippen MR) is 138 cm³/mol. The number of imidazole rings is 1. The molecule has 1 amide bonds. The number of amides is 1. The van der Waals surface area contributed by atoms with Crippen LogP contribution < -0.4 is 16.0 Å². The van der Waals surface area contributed by atoms with E-state index in [4.69, 9.17) is 11.6 Å². The van der Waals surface area contributed by atoms with Crippen LogP contribution in [0.1, 0.15) is 21.7 Å². The molecular formula is C23H22ClN7O3S. The van der Waals surface area contributed by atoms with Crippen LogP contribution in [0.3, 0.4) is 0 Å². The molecule has 2 heterocycles. The van der Waals surface area contributed by atoms with Crippen molar-refractivity contribution in [1.29, 1.82) is 0 Å². The standard InChI is InChI=1S/C23H22ClN7O3S/c1-15-4-2-5-17(24)21(15)29-22(32)20-13-27-23(35-20)28-18-12-16(6-7-19(18)31(33)34)26-8-3-10-30-11-9-25-14-30/h2,4-7,9,11-14,26H,3,8,10H2,1H3,(H,27,28)(H,29,32). The first-order chi connectivity index (χ1) is 16.9. The third-order valence-electron chi connectivity index (χ3n) is 5.11. The Morgan fingerprint density at radius 2 is 2.14 bits per heavy atom. The number of benzene rings is 2. The topological polar surface area (TPSA) is 127 Å². The molecule has 0 unspecified atom stereocenters. The fraction of sp³-hybridized carbons (Fsp3) is 0.174. The lowest BCUT2D eigenvalue weighted by Crippen LogP contribution is -2.11. The molecule has 0 bridgehead atoms. The van der Waals surface area contributed by atoms with Gasteiger partial charge in [-0.25, -0.2) is 9.97 Å². The first-order valence-electron chi connectivity index (χ1n) is 10.7. The molecule has 0 fully saturated rings. The van der Waals surface area contributed by atoms with Gasteiger partial charge in [-0.15, -0.1) is 0 Å². The first-order valence-corrected chi connectivity index (χ1v) is 11.9. The average Bonchev–Trinajstić information content (AvgIpc) is 3.51. The summed E-state index contributed by atoms with van der Waals surface area (Å²) < 4.78 is 1.98. The monoisotopic (exact) mass is 511 g/mol. The lowest BCUT2D eigenvalue weighted by molar-refractivity contribution is -0.383. The van der Waals surface area contributed by atoms with Crippen molar-refractivity contribution in [2.75, 3.05) is 22.5 Å². The summed E-state index contributed by atoms with van der Waals surface area (Å²) >= 11 is 7.28. The maximum atomic E-state index is 12.7. The average molecular weight is 512 g/mol. The summed E-state index contributed by atoms with van der Waals surface area (Å²) in [5.41, 5.74) is 2.27. The summed E-state index contributed by atoms with van der Waals surface area (Å²) in [7, 11) is 0. The van der Waals surface area contributed by atoms with Crippen molar-refractivity contribution < 1.29 is 9.72 Å². The third-order valence-corrected chi connectivity index (χ3v) is 6.33. The zero-order valence-corrected chi connectivity index (χ0v) is 20.3. The molecule has 0 aliphatic heterocycles. The van der Waals surface area contributed by atoms with E-state index in [1.807, 2.05) is 23.8 Å². The van der Waals surface area contributed by atoms with Crippen LogP contribution in [-0.2, 0) is 6.54 Å². The maximum Gasteiger partial charge on any atom is 0.292 e. The number of nitrogens with one attached hydrogen (secondary N) is 3. The summed E-state index contributed by atoms with van der Waals surface area (Å²) in [6.45, 7) is 3.33. The molecule has 2 aromatic heterocycles. The number of nitro groups is 1. The van der Waals surface area contributed by atoms with Gasteiger partial charge in [-0.3, -0.25) is 14.9 Å². The van der Waals surface area contributed by atoms with E-state index in [0.717, 1.165) is 35.6 Å². The van der Waals surface area contributed by atoms with E-state index in [1.54, 1.807) is 36.8 Å². The van der Waals surface area contributed by atoms with Crippen LogP contribution in [-0.4, -0.2) is 31.9 Å². The Bertz CT molecular complexity index is 1320. The molecule has 0 saturated carbocycles. The van der Waals surface area contributed by atoms with Gasteiger partial charge in [0, 0.05) is 37.2 Å². The Hall–Kier alpha value is -3.96. The molecule has 0 saturated heterocycles. The largest absolute Gasteiger partial charge is 0.385 e. The van der Waals surface area contributed by atoms with Crippen molar-refractivity contribution in [1.82, 2.24) is 14.5 Å². The van der Waals surface area contributed by atoms with Crippen LogP contribution in [0.5, 0.6) is 0 Å². The molecule has 0 atom stereocenters. The van der Waals surface area contributed by atoms with Gasteiger partial charge in [-0.05, 0) is 37.1 Å². The molecule has 4 rings (SSSR count). The van der Waals surface area contributed by atoms with Crippen molar-refractivity contribution >= 4 is 56.7 Å². The van der Waals surface area contributed by atoms with Crippen LogP contribution in [0.25, 0.3) is 0 Å². The number of hydrogen-bond acceptors (Lipinski definition) is 8. The molecule has 180 valence electrons. The van der Waals surface area contributed by atoms with E-state index in [-0.39, 0.29) is 17.3 Å². The van der Waals surface area contributed by atoms with Crippen molar-refractivity contribution in [2.24, 2.45) is 0 Å². The Morgan fingerprint density at radius 1 is 1.29 bits per heavy atom. The molecule has 0 aliphatic rings. The number of hydrogen-bond donors (Lipinski definition) is 3. The minimum absolute atomic E-state index is 0.0955.